The van der Waals surface area contributed by atoms with Crippen molar-refractivity contribution in [2.75, 3.05) is 11.9 Å². The number of hydrogen-bond acceptors (Lipinski definition) is 8. The van der Waals surface area contributed by atoms with Gasteiger partial charge in [0.15, 0.2) is 0 Å². The monoisotopic (exact) mass is 524 g/mol. The van der Waals surface area contributed by atoms with Crippen LogP contribution in [0.5, 0.6) is 0 Å². The first-order chi connectivity index (χ1) is 17.0. The van der Waals surface area contributed by atoms with Crippen molar-refractivity contribution in [3.05, 3.63) is 71.4 Å². The Morgan fingerprint density at radius 2 is 2.00 bits per heavy atom. The lowest BCUT2D eigenvalue weighted by molar-refractivity contribution is -0.138. The van der Waals surface area contributed by atoms with Crippen LogP contribution < -0.4 is 10.5 Å². The molecule has 1 saturated carbocycles. The van der Waals surface area contributed by atoms with Crippen molar-refractivity contribution in [2.24, 2.45) is 11.1 Å². The molecule has 0 spiro atoms. The molecule has 2 atom stereocenters. The second kappa shape index (κ2) is 10.3. The van der Waals surface area contributed by atoms with Crippen molar-refractivity contribution >= 4 is 21.9 Å². The highest BCUT2D eigenvalue weighted by Gasteiger charge is 2.33. The van der Waals surface area contributed by atoms with E-state index in [1.165, 1.54) is 47.7 Å². The molecule has 4 rings (SSSR count). The number of alkyl halides is 3. The second-order valence-corrected chi connectivity index (χ2v) is 9.69. The predicted molar refractivity (Wildman–Crippen MR) is 122 cm³/mol. The van der Waals surface area contributed by atoms with Gasteiger partial charge in [0.2, 0.25) is 5.78 Å². The van der Waals surface area contributed by atoms with Gasteiger partial charge in [-0.3, -0.25) is 13.7 Å². The zero-order chi connectivity index (χ0) is 25.9. The Labute approximate surface area is 205 Å². The van der Waals surface area contributed by atoms with E-state index < -0.39 is 27.8 Å². The van der Waals surface area contributed by atoms with Gasteiger partial charge in [-0.05, 0) is 42.9 Å². The highest BCUT2D eigenvalue weighted by molar-refractivity contribution is 7.84. The molecule has 1 fully saturated rings. The van der Waals surface area contributed by atoms with Gasteiger partial charge in [0.1, 0.15) is 17.8 Å². The molecule has 1 aromatic carbocycles. The van der Waals surface area contributed by atoms with E-state index in [4.69, 9.17) is 5.14 Å². The Hall–Kier alpha value is -3.36. The molecule has 3 aromatic rings. The maximum Gasteiger partial charge on any atom is 0.416 e. The predicted octanol–water partition coefficient (Wildman–Crippen LogP) is 2.77. The zero-order valence-electron chi connectivity index (χ0n) is 18.9. The Morgan fingerprint density at radius 1 is 1.22 bits per heavy atom. The summed E-state index contributed by atoms with van der Waals surface area (Å²) in [6, 6.07) is 6.52. The topological polar surface area (TPSA) is 142 Å². The summed E-state index contributed by atoms with van der Waals surface area (Å²) in [5, 5.41) is 12.2. The normalized spacial score (nSPS) is 18.3. The third-order valence-electron chi connectivity index (χ3n) is 5.84. The molecule has 192 valence electrons. The van der Waals surface area contributed by atoms with Crippen molar-refractivity contribution in [1.29, 1.82) is 0 Å². The zero-order valence-corrected chi connectivity index (χ0v) is 19.7. The van der Waals surface area contributed by atoms with Gasteiger partial charge in [0.05, 0.1) is 24.3 Å². The number of aromatic nitrogens is 4. The second-order valence-electron chi connectivity index (χ2n) is 8.47. The number of nitrogens with two attached hydrogens (primary N) is 1. The molecule has 0 saturated heterocycles. The molecule has 36 heavy (non-hydrogen) atoms. The van der Waals surface area contributed by atoms with Gasteiger partial charge in [0, 0.05) is 18.4 Å². The van der Waals surface area contributed by atoms with E-state index in [0.717, 1.165) is 6.07 Å². The number of carbonyl (C=O) groups excluding carboxylic acids is 1. The first-order valence-electron chi connectivity index (χ1n) is 11.0. The molecule has 14 heteroatoms. The number of rotatable bonds is 9. The van der Waals surface area contributed by atoms with Crippen LogP contribution in [0.1, 0.15) is 46.4 Å². The van der Waals surface area contributed by atoms with E-state index in [1.807, 2.05) is 0 Å². The molecule has 1 aliphatic rings. The first-order valence-corrected chi connectivity index (χ1v) is 12.4. The van der Waals surface area contributed by atoms with Gasteiger partial charge in [-0.25, -0.2) is 15.1 Å². The third kappa shape index (κ3) is 6.44. The van der Waals surface area contributed by atoms with Gasteiger partial charge in [-0.2, -0.15) is 26.7 Å². The molecule has 2 unspecified atom stereocenters. The van der Waals surface area contributed by atoms with Crippen LogP contribution in [0.3, 0.4) is 0 Å². The van der Waals surface area contributed by atoms with Crippen LogP contribution in [0.15, 0.2) is 49.1 Å². The van der Waals surface area contributed by atoms with Crippen molar-refractivity contribution in [3.63, 3.8) is 0 Å². The fourth-order valence-electron chi connectivity index (χ4n) is 4.17. The van der Waals surface area contributed by atoms with E-state index in [2.05, 4.69) is 24.6 Å². The molecule has 3 N–H and O–H groups in total. The molecule has 0 bridgehead atoms. The Kier molecular flexibility index (Phi) is 7.38. The summed E-state index contributed by atoms with van der Waals surface area (Å²) in [5.74, 6) is -0.241. The third-order valence-corrected chi connectivity index (χ3v) is 6.30. The van der Waals surface area contributed by atoms with Crippen LogP contribution in [-0.2, 0) is 27.2 Å². The lowest BCUT2D eigenvalue weighted by Gasteiger charge is -2.15. The summed E-state index contributed by atoms with van der Waals surface area (Å²) in [7, 11) is -4.01. The van der Waals surface area contributed by atoms with Crippen LogP contribution in [-0.4, -0.2) is 46.6 Å². The van der Waals surface area contributed by atoms with Crippen LogP contribution in [0.2, 0.25) is 0 Å². The highest BCUT2D eigenvalue weighted by Crippen LogP contribution is 2.32. The summed E-state index contributed by atoms with van der Waals surface area (Å²) >= 11 is 0. The molecule has 1 aliphatic carbocycles. The fourth-order valence-corrected chi connectivity index (χ4v) is 4.55. The minimum Gasteiger partial charge on any atom is -0.367 e. The van der Waals surface area contributed by atoms with Gasteiger partial charge < -0.3 is 5.32 Å². The molecule has 0 radical (unpaired) electrons. The lowest BCUT2D eigenvalue weighted by atomic mass is 10.1. The summed E-state index contributed by atoms with van der Waals surface area (Å²) in [6.45, 7) is -0.190. The SMILES string of the molecule is NS(=O)(=O)OCC1CCC(Nc2ncncc2C(=O)c2ccn(Cc3ccccc3C(F)(F)F)n2)C1. The molecule has 0 aliphatic heterocycles. The van der Waals surface area contributed by atoms with Crippen molar-refractivity contribution in [2.45, 2.75) is 38.0 Å². The molecule has 2 aromatic heterocycles. The van der Waals surface area contributed by atoms with Crippen LogP contribution >= 0.6 is 0 Å². The molecule has 0 amide bonds. The summed E-state index contributed by atoms with van der Waals surface area (Å²) < 4.78 is 67.8. The Balaban J connectivity index is 1.45. The summed E-state index contributed by atoms with van der Waals surface area (Å²) in [4.78, 5) is 21.2. The largest absolute Gasteiger partial charge is 0.416 e. The minimum atomic E-state index is -4.51. The van der Waals surface area contributed by atoms with E-state index >= 15 is 0 Å². The standard InChI is InChI=1S/C22H23F3N6O4S/c23-22(24,25)18-4-2-1-3-15(18)11-31-8-7-19(30-31)20(32)17-10-27-13-28-21(17)29-16-6-5-14(9-16)12-35-36(26,33)34/h1-4,7-8,10,13-14,16H,5-6,9,11-12H2,(H2,26,33,34)(H,27,28,29). The minimum absolute atomic E-state index is 0.0263. The van der Waals surface area contributed by atoms with Crippen molar-refractivity contribution in [1.82, 2.24) is 19.7 Å². The number of halogens is 3. The molecule has 10 nitrogen and oxygen atoms in total. The number of anilines is 1. The molecule has 2 heterocycles. The molecular formula is C22H23F3N6O4S. The van der Waals surface area contributed by atoms with E-state index in [-0.39, 0.29) is 47.8 Å². The Morgan fingerprint density at radius 3 is 2.75 bits per heavy atom. The molecular weight excluding hydrogens is 501 g/mol. The summed E-state index contributed by atoms with van der Waals surface area (Å²) in [6.07, 6.45) is 1.53. The van der Waals surface area contributed by atoms with Gasteiger partial charge >= 0.3 is 16.5 Å². The van der Waals surface area contributed by atoms with Crippen LogP contribution in [0.25, 0.3) is 0 Å². The fraction of sp³-hybridized carbons (Fsp3) is 0.364. The van der Waals surface area contributed by atoms with E-state index in [1.54, 1.807) is 0 Å². The number of nitrogens with zero attached hydrogens (tertiary/aromatic N) is 4. The van der Waals surface area contributed by atoms with Gasteiger partial charge in [0.25, 0.3) is 0 Å². The lowest BCUT2D eigenvalue weighted by Crippen LogP contribution is -2.22. The summed E-state index contributed by atoms with van der Waals surface area (Å²) in [5.41, 5.74) is -0.550. The van der Waals surface area contributed by atoms with Crippen LogP contribution in [0.4, 0.5) is 19.0 Å². The smallest absolute Gasteiger partial charge is 0.367 e. The number of nitrogens with one attached hydrogen (secondary N) is 1. The number of ketones is 1. The average molecular weight is 525 g/mol. The maximum atomic E-state index is 13.3. The quantitative estimate of drug-likeness (QED) is 0.407. The number of benzene rings is 1. The maximum absolute atomic E-state index is 13.3. The van der Waals surface area contributed by atoms with Crippen LogP contribution in [0, 0.1) is 5.92 Å². The number of carbonyl (C=O) groups is 1. The average Bonchev–Trinajstić information content (AvgIpc) is 3.46. The van der Waals surface area contributed by atoms with E-state index in [9.17, 15) is 26.4 Å². The van der Waals surface area contributed by atoms with Crippen molar-refractivity contribution < 1.29 is 30.6 Å². The highest BCUT2D eigenvalue weighted by atomic mass is 32.2. The first kappa shape index (κ1) is 25.7. The van der Waals surface area contributed by atoms with Gasteiger partial charge in [-0.1, -0.05) is 18.2 Å². The number of hydrogen-bond donors (Lipinski definition) is 2. The van der Waals surface area contributed by atoms with Crippen molar-refractivity contribution in [3.8, 4) is 0 Å². The van der Waals surface area contributed by atoms with E-state index in [0.29, 0.717) is 19.3 Å². The van der Waals surface area contributed by atoms with Gasteiger partial charge in [-0.15, -0.1) is 0 Å². The Bertz CT molecular complexity index is 1350.